The van der Waals surface area contributed by atoms with E-state index < -0.39 is 0 Å². The number of imidazole rings is 1. The lowest BCUT2D eigenvalue weighted by Gasteiger charge is -2.27. The summed E-state index contributed by atoms with van der Waals surface area (Å²) in [5.41, 5.74) is 3.69. The van der Waals surface area contributed by atoms with Crippen molar-refractivity contribution in [2.24, 2.45) is 0 Å². The molecule has 1 aliphatic carbocycles. The number of nitriles is 1. The quantitative estimate of drug-likeness (QED) is 0.421. The minimum atomic E-state index is -0.337. The SMILES string of the molecule is CN(C)C1CCc2nc(NC(=O)c3cccc(CNC(=O)c4cn5cc(C#N)ccc5n4)c3)sc2C1. The molecule has 9 nitrogen and oxygen atoms in total. The summed E-state index contributed by atoms with van der Waals surface area (Å²) in [6, 6.07) is 13.1. The van der Waals surface area contributed by atoms with E-state index in [4.69, 9.17) is 5.26 Å². The van der Waals surface area contributed by atoms with Gasteiger partial charge in [0.25, 0.3) is 11.8 Å². The molecule has 4 aromatic rings. The molecule has 5 rings (SSSR count). The number of carbonyl (C=O) groups excluding carboxylic acids is 2. The Morgan fingerprint density at radius 1 is 1.19 bits per heavy atom. The van der Waals surface area contributed by atoms with Gasteiger partial charge in [0.05, 0.1) is 11.3 Å². The van der Waals surface area contributed by atoms with Crippen molar-refractivity contribution < 1.29 is 9.59 Å². The lowest BCUT2D eigenvalue weighted by Crippen LogP contribution is -2.32. The molecule has 2 amide bonds. The Hall–Kier alpha value is -4.07. The summed E-state index contributed by atoms with van der Waals surface area (Å²) < 4.78 is 1.65. The predicted molar refractivity (Wildman–Crippen MR) is 137 cm³/mol. The van der Waals surface area contributed by atoms with Gasteiger partial charge in [-0.3, -0.25) is 14.9 Å². The van der Waals surface area contributed by atoms with E-state index in [2.05, 4.69) is 45.7 Å². The summed E-state index contributed by atoms with van der Waals surface area (Å²) in [6.45, 7) is 0.245. The number of nitrogens with zero attached hydrogens (tertiary/aromatic N) is 5. The highest BCUT2D eigenvalue weighted by Gasteiger charge is 2.24. The number of aromatic nitrogens is 3. The molecule has 1 aliphatic rings. The third-order valence-electron chi connectivity index (χ3n) is 6.32. The fraction of sp³-hybridized carbons (Fsp3) is 0.269. The van der Waals surface area contributed by atoms with Gasteiger partial charge in [-0.15, -0.1) is 11.3 Å². The number of aryl methyl sites for hydroxylation is 1. The molecule has 1 unspecified atom stereocenters. The molecule has 0 bridgehead atoms. The maximum Gasteiger partial charge on any atom is 0.271 e. The Kier molecular flexibility index (Phi) is 6.50. The second kappa shape index (κ2) is 9.89. The highest BCUT2D eigenvalue weighted by atomic mass is 32.1. The molecule has 0 radical (unpaired) electrons. The first kappa shape index (κ1) is 23.7. The number of thiazole rings is 1. The van der Waals surface area contributed by atoms with Gasteiger partial charge in [-0.25, -0.2) is 9.97 Å². The molecule has 3 heterocycles. The van der Waals surface area contributed by atoms with Crippen LogP contribution in [0.1, 0.15) is 49.0 Å². The van der Waals surface area contributed by atoms with Crippen molar-refractivity contribution in [1.29, 1.82) is 5.26 Å². The number of anilines is 1. The van der Waals surface area contributed by atoms with E-state index in [0.29, 0.717) is 27.9 Å². The topological polar surface area (TPSA) is 115 Å². The van der Waals surface area contributed by atoms with Crippen LogP contribution in [0, 0.1) is 11.3 Å². The van der Waals surface area contributed by atoms with Crippen molar-refractivity contribution in [3.8, 4) is 6.07 Å². The standard InChI is InChI=1S/C26H25N7O2S/c1-32(2)19-7-8-20-22(11-19)36-26(30-20)31-24(34)18-5-3-4-16(10-18)13-28-25(35)21-15-33-14-17(12-27)6-9-23(33)29-21/h3-6,9-10,14-15,19H,7-8,11,13H2,1-2H3,(H,28,35)(H,30,31,34). The van der Waals surface area contributed by atoms with Crippen LogP contribution in [-0.2, 0) is 19.4 Å². The first-order chi connectivity index (χ1) is 17.4. The molecule has 0 saturated heterocycles. The molecule has 1 atom stereocenters. The second-order valence-corrected chi connectivity index (χ2v) is 10.1. The number of fused-ring (bicyclic) bond motifs is 2. The van der Waals surface area contributed by atoms with Gasteiger partial charge in [0.2, 0.25) is 0 Å². The van der Waals surface area contributed by atoms with Crippen molar-refractivity contribution in [2.45, 2.75) is 31.8 Å². The number of benzene rings is 1. The van der Waals surface area contributed by atoms with Crippen LogP contribution < -0.4 is 10.6 Å². The van der Waals surface area contributed by atoms with Gasteiger partial charge in [-0.05, 0) is 63.2 Å². The van der Waals surface area contributed by atoms with Crippen LogP contribution in [-0.4, -0.2) is 51.2 Å². The fourth-order valence-electron chi connectivity index (χ4n) is 4.28. The summed E-state index contributed by atoms with van der Waals surface area (Å²) >= 11 is 1.55. The normalized spacial score (nSPS) is 14.9. The van der Waals surface area contributed by atoms with Crippen molar-refractivity contribution in [2.75, 3.05) is 19.4 Å². The number of rotatable bonds is 6. The summed E-state index contributed by atoms with van der Waals surface area (Å²) in [5.74, 6) is -0.566. The van der Waals surface area contributed by atoms with Crippen LogP contribution in [0.25, 0.3) is 5.65 Å². The van der Waals surface area contributed by atoms with Crippen LogP contribution in [0.4, 0.5) is 5.13 Å². The summed E-state index contributed by atoms with van der Waals surface area (Å²) in [6.07, 6.45) is 6.16. The van der Waals surface area contributed by atoms with Gasteiger partial charge >= 0.3 is 0 Å². The van der Waals surface area contributed by atoms with Gasteiger partial charge < -0.3 is 14.6 Å². The number of carbonyl (C=O) groups is 2. The van der Waals surface area contributed by atoms with E-state index in [9.17, 15) is 9.59 Å². The van der Waals surface area contributed by atoms with Gasteiger partial charge in [0, 0.05) is 35.4 Å². The van der Waals surface area contributed by atoms with E-state index in [1.165, 1.54) is 4.88 Å². The van der Waals surface area contributed by atoms with Gasteiger partial charge in [-0.2, -0.15) is 5.26 Å². The second-order valence-electron chi connectivity index (χ2n) is 9.01. The number of pyridine rings is 1. The van der Waals surface area contributed by atoms with Crippen LogP contribution in [0.15, 0.2) is 48.8 Å². The largest absolute Gasteiger partial charge is 0.347 e. The number of hydrogen-bond donors (Lipinski definition) is 2. The molecule has 1 aromatic carbocycles. The lowest BCUT2D eigenvalue weighted by atomic mass is 9.97. The molecule has 0 aliphatic heterocycles. The molecule has 2 N–H and O–H groups in total. The molecule has 0 spiro atoms. The average molecular weight is 500 g/mol. The smallest absolute Gasteiger partial charge is 0.271 e. The zero-order valence-corrected chi connectivity index (χ0v) is 20.8. The Bertz CT molecular complexity index is 1500. The van der Waals surface area contributed by atoms with E-state index in [0.717, 1.165) is 30.5 Å². The number of amides is 2. The molecular weight excluding hydrogens is 474 g/mol. The third kappa shape index (κ3) is 4.98. The summed E-state index contributed by atoms with van der Waals surface area (Å²) in [7, 11) is 4.19. The van der Waals surface area contributed by atoms with Crippen LogP contribution in [0.3, 0.4) is 0 Å². The predicted octanol–water partition coefficient (Wildman–Crippen LogP) is 3.26. The van der Waals surface area contributed by atoms with Crippen molar-refractivity contribution >= 4 is 33.9 Å². The Morgan fingerprint density at radius 3 is 2.86 bits per heavy atom. The number of hydrogen-bond acceptors (Lipinski definition) is 7. The van der Waals surface area contributed by atoms with Crippen LogP contribution >= 0.6 is 11.3 Å². The van der Waals surface area contributed by atoms with E-state index in [-0.39, 0.29) is 24.1 Å². The van der Waals surface area contributed by atoms with Crippen molar-refractivity contribution in [1.82, 2.24) is 24.6 Å². The molecular formula is C26H25N7O2S. The van der Waals surface area contributed by atoms with E-state index in [1.807, 2.05) is 6.07 Å². The first-order valence-corrected chi connectivity index (χ1v) is 12.4. The van der Waals surface area contributed by atoms with Crippen LogP contribution in [0.2, 0.25) is 0 Å². The Morgan fingerprint density at radius 2 is 2.06 bits per heavy atom. The molecule has 0 saturated carbocycles. The zero-order chi connectivity index (χ0) is 25.2. The van der Waals surface area contributed by atoms with Crippen LogP contribution in [0.5, 0.6) is 0 Å². The molecule has 36 heavy (non-hydrogen) atoms. The minimum absolute atomic E-state index is 0.230. The molecule has 0 fully saturated rings. The van der Waals surface area contributed by atoms with Gasteiger partial charge in [0.15, 0.2) is 5.13 Å². The molecule has 3 aromatic heterocycles. The summed E-state index contributed by atoms with van der Waals surface area (Å²) in [5, 5.41) is 15.4. The molecule has 182 valence electrons. The highest BCUT2D eigenvalue weighted by molar-refractivity contribution is 7.15. The zero-order valence-electron chi connectivity index (χ0n) is 20.0. The van der Waals surface area contributed by atoms with Gasteiger partial charge in [-0.1, -0.05) is 12.1 Å². The monoisotopic (exact) mass is 499 g/mol. The molecule has 10 heteroatoms. The Balaban J connectivity index is 1.22. The number of nitrogens with one attached hydrogen (secondary N) is 2. The lowest BCUT2D eigenvalue weighted by molar-refractivity contribution is 0.0946. The average Bonchev–Trinajstić information content (AvgIpc) is 3.49. The van der Waals surface area contributed by atoms with Gasteiger partial charge in [0.1, 0.15) is 17.4 Å². The number of likely N-dealkylation sites (N-methyl/N-ethyl adjacent to an activating group) is 1. The fourth-order valence-corrected chi connectivity index (χ4v) is 5.36. The Labute approximate surface area is 212 Å². The third-order valence-corrected chi connectivity index (χ3v) is 7.35. The van der Waals surface area contributed by atoms with E-state index in [1.54, 1.807) is 58.5 Å². The highest BCUT2D eigenvalue weighted by Crippen LogP contribution is 2.31. The maximum absolute atomic E-state index is 12.9. The maximum atomic E-state index is 12.9. The van der Waals surface area contributed by atoms with Crippen molar-refractivity contribution in [3.05, 3.63) is 81.7 Å². The van der Waals surface area contributed by atoms with Crippen molar-refractivity contribution in [3.63, 3.8) is 0 Å². The summed E-state index contributed by atoms with van der Waals surface area (Å²) in [4.78, 5) is 37.9. The minimum Gasteiger partial charge on any atom is -0.347 e. The first-order valence-electron chi connectivity index (χ1n) is 11.6. The van der Waals surface area contributed by atoms with E-state index >= 15 is 0 Å².